The number of nitrogens with two attached hydrogens (primary N) is 1. The van der Waals surface area contributed by atoms with Crippen LogP contribution in [-0.4, -0.2) is 19.0 Å². The Morgan fingerprint density at radius 3 is 2.40 bits per heavy atom. The standard InChI is InChI=1S/C18H17N3O4/c1-24-14-6-7-15-11(10-25-16(15)9-14)8-17(22)20-12-2-4-13(5-3-12)21-18(19)23/h2-7,9-10H,8H2,1H3,(H,20,22)(H3,19,21,23). The fraction of sp³-hybridized carbons (Fsp3) is 0.111. The van der Waals surface area contributed by atoms with Gasteiger partial charge in [-0.25, -0.2) is 4.79 Å². The third kappa shape index (κ3) is 3.89. The first-order valence-electron chi connectivity index (χ1n) is 7.55. The Balaban J connectivity index is 1.67. The maximum absolute atomic E-state index is 12.2. The summed E-state index contributed by atoms with van der Waals surface area (Å²) in [6, 6.07) is 11.5. The molecule has 0 spiro atoms. The lowest BCUT2D eigenvalue weighted by molar-refractivity contribution is -0.115. The van der Waals surface area contributed by atoms with Crippen LogP contribution < -0.4 is 21.1 Å². The van der Waals surface area contributed by atoms with Crippen molar-refractivity contribution in [3.05, 3.63) is 54.3 Å². The summed E-state index contributed by atoms with van der Waals surface area (Å²) >= 11 is 0. The van der Waals surface area contributed by atoms with Gasteiger partial charge in [-0.2, -0.15) is 0 Å². The van der Waals surface area contributed by atoms with Crippen LogP contribution in [0.4, 0.5) is 16.2 Å². The number of benzene rings is 2. The van der Waals surface area contributed by atoms with Crippen LogP contribution in [0.15, 0.2) is 53.1 Å². The summed E-state index contributed by atoms with van der Waals surface area (Å²) in [4.78, 5) is 23.0. The van der Waals surface area contributed by atoms with E-state index >= 15 is 0 Å². The van der Waals surface area contributed by atoms with Gasteiger partial charge in [-0.05, 0) is 36.4 Å². The summed E-state index contributed by atoms with van der Waals surface area (Å²) in [5.74, 6) is 0.525. The van der Waals surface area contributed by atoms with Crippen LogP contribution in [0.25, 0.3) is 11.0 Å². The van der Waals surface area contributed by atoms with Crippen molar-refractivity contribution in [3.8, 4) is 5.75 Å². The molecule has 25 heavy (non-hydrogen) atoms. The van der Waals surface area contributed by atoms with Crippen molar-refractivity contribution in [1.29, 1.82) is 0 Å². The van der Waals surface area contributed by atoms with Crippen molar-refractivity contribution in [2.24, 2.45) is 5.73 Å². The first-order chi connectivity index (χ1) is 12.0. The van der Waals surface area contributed by atoms with Crippen molar-refractivity contribution < 1.29 is 18.7 Å². The first kappa shape index (κ1) is 16.4. The first-order valence-corrected chi connectivity index (χ1v) is 7.55. The number of furan rings is 1. The predicted octanol–water partition coefficient (Wildman–Crippen LogP) is 3.11. The van der Waals surface area contributed by atoms with Gasteiger partial charge >= 0.3 is 6.03 Å². The maximum Gasteiger partial charge on any atom is 0.316 e. The Hall–Kier alpha value is -3.48. The Morgan fingerprint density at radius 2 is 1.76 bits per heavy atom. The molecule has 0 aliphatic rings. The van der Waals surface area contributed by atoms with Gasteiger partial charge in [0.05, 0.1) is 19.8 Å². The van der Waals surface area contributed by atoms with Crippen molar-refractivity contribution in [1.82, 2.24) is 0 Å². The number of carbonyl (C=O) groups is 2. The van der Waals surface area contributed by atoms with Gasteiger partial charge in [-0.1, -0.05) is 0 Å². The highest BCUT2D eigenvalue weighted by Crippen LogP contribution is 2.26. The van der Waals surface area contributed by atoms with Crippen LogP contribution in [0.3, 0.4) is 0 Å². The molecule has 2 aromatic carbocycles. The lowest BCUT2D eigenvalue weighted by Gasteiger charge is -2.06. The van der Waals surface area contributed by atoms with Gasteiger partial charge in [0.25, 0.3) is 0 Å². The van der Waals surface area contributed by atoms with Crippen LogP contribution in [0.5, 0.6) is 5.75 Å². The quantitative estimate of drug-likeness (QED) is 0.664. The largest absolute Gasteiger partial charge is 0.497 e. The minimum atomic E-state index is -0.639. The SMILES string of the molecule is COc1ccc2c(CC(=O)Nc3ccc(NC(N)=O)cc3)coc2c1. The second kappa shape index (κ2) is 6.96. The molecule has 0 bridgehead atoms. The summed E-state index contributed by atoms with van der Waals surface area (Å²) in [6.07, 6.45) is 1.75. The lowest BCUT2D eigenvalue weighted by atomic mass is 10.1. The molecule has 0 aliphatic carbocycles. The number of ether oxygens (including phenoxy) is 1. The number of fused-ring (bicyclic) bond motifs is 1. The highest BCUT2D eigenvalue weighted by atomic mass is 16.5. The van der Waals surface area contributed by atoms with E-state index in [1.54, 1.807) is 43.7 Å². The van der Waals surface area contributed by atoms with E-state index in [1.165, 1.54) is 0 Å². The van der Waals surface area contributed by atoms with E-state index in [1.807, 2.05) is 12.1 Å². The van der Waals surface area contributed by atoms with Crippen LogP contribution >= 0.6 is 0 Å². The molecule has 3 aromatic rings. The van der Waals surface area contributed by atoms with Crippen molar-refractivity contribution in [2.45, 2.75) is 6.42 Å². The van der Waals surface area contributed by atoms with Gasteiger partial charge in [-0.15, -0.1) is 0 Å². The molecule has 0 fully saturated rings. The normalized spacial score (nSPS) is 10.4. The molecule has 4 N–H and O–H groups in total. The molecular weight excluding hydrogens is 322 g/mol. The molecule has 3 rings (SSSR count). The molecule has 1 aromatic heterocycles. The molecule has 128 valence electrons. The Kier molecular flexibility index (Phi) is 4.56. The number of primary amides is 1. The number of hydrogen-bond acceptors (Lipinski definition) is 4. The summed E-state index contributed by atoms with van der Waals surface area (Å²) in [5.41, 5.74) is 7.69. The molecular formula is C18H17N3O4. The van der Waals surface area contributed by atoms with Crippen molar-refractivity contribution >= 4 is 34.3 Å². The van der Waals surface area contributed by atoms with Crippen LogP contribution in [0.2, 0.25) is 0 Å². The maximum atomic E-state index is 12.2. The third-order valence-corrected chi connectivity index (χ3v) is 3.65. The smallest absolute Gasteiger partial charge is 0.316 e. The van der Waals surface area contributed by atoms with Gasteiger partial charge in [-0.3, -0.25) is 4.79 Å². The van der Waals surface area contributed by atoms with Crippen LogP contribution in [0.1, 0.15) is 5.56 Å². The van der Waals surface area contributed by atoms with Gasteiger partial charge < -0.3 is 25.5 Å². The molecule has 1 heterocycles. The Bertz CT molecular complexity index is 916. The number of amides is 3. The van der Waals surface area contributed by atoms with E-state index in [4.69, 9.17) is 14.9 Å². The second-order valence-corrected chi connectivity index (χ2v) is 5.41. The Labute approximate surface area is 143 Å². The van der Waals surface area contributed by atoms with Crippen molar-refractivity contribution in [2.75, 3.05) is 17.7 Å². The van der Waals surface area contributed by atoms with Crippen LogP contribution in [0, 0.1) is 0 Å². The number of carbonyl (C=O) groups excluding carboxylic acids is 2. The Morgan fingerprint density at radius 1 is 1.08 bits per heavy atom. The number of nitrogens with one attached hydrogen (secondary N) is 2. The number of methoxy groups -OCH3 is 1. The van der Waals surface area contributed by atoms with E-state index < -0.39 is 6.03 Å². The molecule has 0 saturated carbocycles. The number of hydrogen-bond donors (Lipinski definition) is 3. The monoisotopic (exact) mass is 339 g/mol. The molecule has 7 nitrogen and oxygen atoms in total. The van der Waals surface area contributed by atoms with Gasteiger partial charge in [0, 0.05) is 28.4 Å². The van der Waals surface area contributed by atoms with Gasteiger partial charge in [0.1, 0.15) is 11.3 Å². The van der Waals surface area contributed by atoms with E-state index in [0.29, 0.717) is 22.7 Å². The van der Waals surface area contributed by atoms with Gasteiger partial charge in [0.2, 0.25) is 5.91 Å². The minimum Gasteiger partial charge on any atom is -0.497 e. The molecule has 0 unspecified atom stereocenters. The summed E-state index contributed by atoms with van der Waals surface area (Å²) < 4.78 is 10.6. The second-order valence-electron chi connectivity index (χ2n) is 5.41. The fourth-order valence-electron chi connectivity index (χ4n) is 2.48. The molecule has 0 aliphatic heterocycles. The predicted molar refractivity (Wildman–Crippen MR) is 94.7 cm³/mol. The summed E-state index contributed by atoms with van der Waals surface area (Å²) in [5, 5.41) is 6.13. The zero-order valence-electron chi connectivity index (χ0n) is 13.5. The fourth-order valence-corrected chi connectivity index (χ4v) is 2.48. The van der Waals surface area contributed by atoms with E-state index in [9.17, 15) is 9.59 Å². The average molecular weight is 339 g/mol. The highest BCUT2D eigenvalue weighted by molar-refractivity contribution is 5.96. The molecule has 0 atom stereocenters. The minimum absolute atomic E-state index is 0.172. The molecule has 3 amide bonds. The zero-order valence-corrected chi connectivity index (χ0v) is 13.5. The van der Waals surface area contributed by atoms with E-state index in [0.717, 1.165) is 10.9 Å². The third-order valence-electron chi connectivity index (χ3n) is 3.65. The summed E-state index contributed by atoms with van der Waals surface area (Å²) in [6.45, 7) is 0. The molecule has 7 heteroatoms. The molecule has 0 radical (unpaired) electrons. The molecule has 0 saturated heterocycles. The highest BCUT2D eigenvalue weighted by Gasteiger charge is 2.11. The number of rotatable bonds is 5. The van der Waals surface area contributed by atoms with Crippen LogP contribution in [-0.2, 0) is 11.2 Å². The number of urea groups is 1. The van der Waals surface area contributed by atoms with Crippen molar-refractivity contribution in [3.63, 3.8) is 0 Å². The lowest BCUT2D eigenvalue weighted by Crippen LogP contribution is -2.19. The van der Waals surface area contributed by atoms with E-state index in [-0.39, 0.29) is 12.3 Å². The summed E-state index contributed by atoms with van der Waals surface area (Å²) in [7, 11) is 1.59. The average Bonchev–Trinajstić information content (AvgIpc) is 2.98. The zero-order chi connectivity index (χ0) is 17.8. The van der Waals surface area contributed by atoms with E-state index in [2.05, 4.69) is 10.6 Å². The number of anilines is 2. The van der Waals surface area contributed by atoms with Gasteiger partial charge in [0.15, 0.2) is 0 Å². The topological polar surface area (TPSA) is 107 Å².